The van der Waals surface area contributed by atoms with Crippen LogP contribution in [0.25, 0.3) is 5.69 Å². The van der Waals surface area contributed by atoms with Gasteiger partial charge >= 0.3 is 5.69 Å². The molecule has 1 aromatic heterocycles. The molecule has 1 amide bonds. The molecule has 1 heterocycles. The van der Waals surface area contributed by atoms with Crippen molar-refractivity contribution in [3.8, 4) is 5.69 Å². The number of nitrogens with one attached hydrogen (secondary N) is 2. The topological polar surface area (TPSA) is 84.0 Å². The number of aromatic amines is 1. The van der Waals surface area contributed by atoms with E-state index in [1.807, 2.05) is 39.0 Å². The molecular weight excluding hydrogens is 330 g/mol. The summed E-state index contributed by atoms with van der Waals surface area (Å²) in [6.07, 6.45) is 1.14. The largest absolute Gasteiger partial charge is 0.333 e. The fraction of sp³-hybridized carbons (Fsp3) is 0.150. The zero-order valence-electron chi connectivity index (χ0n) is 14.8. The van der Waals surface area contributed by atoms with Crippen molar-refractivity contribution in [3.63, 3.8) is 0 Å². The predicted octanol–water partition coefficient (Wildman–Crippen LogP) is 2.70. The van der Waals surface area contributed by atoms with Crippen LogP contribution < -0.4 is 16.6 Å². The van der Waals surface area contributed by atoms with Crippen molar-refractivity contribution in [2.75, 3.05) is 5.32 Å². The van der Waals surface area contributed by atoms with Gasteiger partial charge in [-0.3, -0.25) is 9.59 Å². The number of carbonyl (C=O) groups excluding carboxylic acids is 1. The van der Waals surface area contributed by atoms with E-state index in [-0.39, 0.29) is 5.56 Å². The third kappa shape index (κ3) is 3.35. The maximum atomic E-state index is 12.8. The number of anilines is 1. The third-order valence-electron chi connectivity index (χ3n) is 4.28. The highest BCUT2D eigenvalue weighted by Crippen LogP contribution is 2.12. The molecule has 0 atom stereocenters. The maximum absolute atomic E-state index is 12.8. The van der Waals surface area contributed by atoms with Crippen LogP contribution in [0.1, 0.15) is 27.0 Å². The number of aromatic nitrogens is 2. The highest BCUT2D eigenvalue weighted by atomic mass is 16.2. The summed E-state index contributed by atoms with van der Waals surface area (Å²) in [7, 11) is 0. The van der Waals surface area contributed by atoms with Crippen molar-refractivity contribution < 1.29 is 4.79 Å². The number of nitrogens with zero attached hydrogens (tertiary/aromatic N) is 1. The van der Waals surface area contributed by atoms with E-state index in [2.05, 4.69) is 10.3 Å². The Bertz CT molecular complexity index is 1090. The van der Waals surface area contributed by atoms with E-state index >= 15 is 0 Å². The normalized spacial score (nSPS) is 10.6. The second-order valence-electron chi connectivity index (χ2n) is 6.24. The summed E-state index contributed by atoms with van der Waals surface area (Å²) in [5, 5.41) is 2.67. The molecule has 0 spiro atoms. The number of aryl methyl sites for hydroxylation is 3. The number of hydrogen-bond acceptors (Lipinski definition) is 3. The smallest absolute Gasteiger partial charge is 0.322 e. The Morgan fingerprint density at radius 3 is 2.31 bits per heavy atom. The Morgan fingerprint density at radius 2 is 1.65 bits per heavy atom. The van der Waals surface area contributed by atoms with Gasteiger partial charge in [-0.05, 0) is 56.2 Å². The summed E-state index contributed by atoms with van der Waals surface area (Å²) < 4.78 is 0.969. The Hall–Kier alpha value is -3.41. The molecule has 2 aromatic carbocycles. The highest BCUT2D eigenvalue weighted by Gasteiger charge is 2.16. The molecule has 0 aliphatic heterocycles. The van der Waals surface area contributed by atoms with Crippen LogP contribution in [0.2, 0.25) is 0 Å². The van der Waals surface area contributed by atoms with Crippen molar-refractivity contribution in [2.45, 2.75) is 20.8 Å². The van der Waals surface area contributed by atoms with Gasteiger partial charge in [-0.15, -0.1) is 0 Å². The van der Waals surface area contributed by atoms with Crippen LogP contribution >= 0.6 is 0 Å². The van der Waals surface area contributed by atoms with Crippen LogP contribution in [0.4, 0.5) is 5.69 Å². The molecule has 3 aromatic rings. The van der Waals surface area contributed by atoms with Gasteiger partial charge in [0.25, 0.3) is 11.5 Å². The average Bonchev–Trinajstić information content (AvgIpc) is 2.60. The zero-order valence-corrected chi connectivity index (χ0v) is 14.8. The molecule has 0 saturated carbocycles. The van der Waals surface area contributed by atoms with Crippen LogP contribution in [0.15, 0.2) is 58.3 Å². The molecule has 0 radical (unpaired) electrons. The molecule has 0 aliphatic rings. The van der Waals surface area contributed by atoms with Crippen LogP contribution in [0.3, 0.4) is 0 Å². The lowest BCUT2D eigenvalue weighted by molar-refractivity contribution is 0.102. The van der Waals surface area contributed by atoms with Gasteiger partial charge in [-0.1, -0.05) is 23.8 Å². The molecule has 0 unspecified atom stereocenters. The van der Waals surface area contributed by atoms with Gasteiger partial charge in [0.15, 0.2) is 0 Å². The fourth-order valence-electron chi connectivity index (χ4n) is 2.57. The van der Waals surface area contributed by atoms with Crippen molar-refractivity contribution >= 4 is 11.6 Å². The first kappa shape index (κ1) is 17.4. The van der Waals surface area contributed by atoms with Crippen molar-refractivity contribution in [1.29, 1.82) is 0 Å². The minimum atomic E-state index is -0.665. The van der Waals surface area contributed by atoms with Gasteiger partial charge < -0.3 is 10.3 Å². The van der Waals surface area contributed by atoms with E-state index in [1.54, 1.807) is 24.3 Å². The minimum absolute atomic E-state index is 0.136. The van der Waals surface area contributed by atoms with Crippen LogP contribution in [0.5, 0.6) is 0 Å². The van der Waals surface area contributed by atoms with Gasteiger partial charge in [0.2, 0.25) is 0 Å². The summed E-state index contributed by atoms with van der Waals surface area (Å²) in [6.45, 7) is 5.78. The van der Waals surface area contributed by atoms with Crippen LogP contribution in [-0.2, 0) is 0 Å². The van der Waals surface area contributed by atoms with Gasteiger partial charge in [0, 0.05) is 11.9 Å². The minimum Gasteiger partial charge on any atom is -0.322 e. The summed E-state index contributed by atoms with van der Waals surface area (Å²) in [5.74, 6) is -0.576. The van der Waals surface area contributed by atoms with E-state index in [0.29, 0.717) is 11.4 Å². The molecule has 0 fully saturated rings. The monoisotopic (exact) mass is 349 g/mol. The highest BCUT2D eigenvalue weighted by molar-refractivity contribution is 6.03. The quantitative estimate of drug-likeness (QED) is 0.762. The molecule has 2 N–H and O–H groups in total. The lowest BCUT2D eigenvalue weighted by atomic mass is 10.1. The van der Waals surface area contributed by atoms with Crippen molar-refractivity contribution in [1.82, 2.24) is 9.55 Å². The summed E-state index contributed by atoms with van der Waals surface area (Å²) in [6, 6.07) is 12.5. The molecule has 6 heteroatoms. The maximum Gasteiger partial charge on any atom is 0.333 e. The van der Waals surface area contributed by atoms with Gasteiger partial charge in [0.05, 0.1) is 5.69 Å². The molecule has 0 saturated heterocycles. The van der Waals surface area contributed by atoms with Gasteiger partial charge in [-0.2, -0.15) is 0 Å². The van der Waals surface area contributed by atoms with Crippen LogP contribution in [0, 0.1) is 20.8 Å². The van der Waals surface area contributed by atoms with E-state index < -0.39 is 17.2 Å². The molecule has 0 aliphatic carbocycles. The molecular formula is C20H19N3O3. The van der Waals surface area contributed by atoms with E-state index in [0.717, 1.165) is 27.5 Å². The second-order valence-corrected chi connectivity index (χ2v) is 6.24. The SMILES string of the molecule is Cc1ccc(NC(=O)c2c[nH]c(=O)n(-c3ccc(C)c(C)c3)c2=O)cc1. The number of hydrogen-bond donors (Lipinski definition) is 2. The number of H-pyrrole nitrogens is 1. The van der Waals surface area contributed by atoms with E-state index in [1.165, 1.54) is 0 Å². The first-order chi connectivity index (χ1) is 12.4. The molecule has 132 valence electrons. The van der Waals surface area contributed by atoms with E-state index in [4.69, 9.17) is 0 Å². The second kappa shape index (κ2) is 6.84. The summed E-state index contributed by atoms with van der Waals surface area (Å²) in [4.78, 5) is 39.9. The summed E-state index contributed by atoms with van der Waals surface area (Å²) >= 11 is 0. The van der Waals surface area contributed by atoms with Crippen LogP contribution in [-0.4, -0.2) is 15.5 Å². The Balaban J connectivity index is 2.03. The number of rotatable bonds is 3. The Kier molecular flexibility index (Phi) is 4.58. The third-order valence-corrected chi connectivity index (χ3v) is 4.28. The first-order valence-electron chi connectivity index (χ1n) is 8.17. The van der Waals surface area contributed by atoms with Gasteiger partial charge in [0.1, 0.15) is 5.56 Å². The van der Waals surface area contributed by atoms with E-state index in [9.17, 15) is 14.4 Å². The fourth-order valence-corrected chi connectivity index (χ4v) is 2.57. The Labute approximate surface area is 150 Å². The Morgan fingerprint density at radius 1 is 0.962 bits per heavy atom. The molecule has 3 rings (SSSR count). The number of benzene rings is 2. The number of amides is 1. The number of carbonyl (C=O) groups is 1. The molecule has 0 bridgehead atoms. The first-order valence-corrected chi connectivity index (χ1v) is 8.17. The molecule has 6 nitrogen and oxygen atoms in total. The predicted molar refractivity (Wildman–Crippen MR) is 101 cm³/mol. The standard InChI is InChI=1S/C20H19N3O3/c1-12-4-7-15(8-5-12)22-18(24)17-11-21-20(26)23(19(17)25)16-9-6-13(2)14(3)10-16/h4-11H,1-3H3,(H,21,26)(H,22,24). The van der Waals surface area contributed by atoms with Crippen molar-refractivity contribution in [3.05, 3.63) is 91.8 Å². The lowest BCUT2D eigenvalue weighted by Crippen LogP contribution is -2.38. The summed E-state index contributed by atoms with van der Waals surface area (Å²) in [5.41, 5.74) is 2.65. The van der Waals surface area contributed by atoms with Gasteiger partial charge in [-0.25, -0.2) is 9.36 Å². The average molecular weight is 349 g/mol. The lowest BCUT2D eigenvalue weighted by Gasteiger charge is -2.10. The zero-order chi connectivity index (χ0) is 18.8. The van der Waals surface area contributed by atoms with Crippen molar-refractivity contribution in [2.24, 2.45) is 0 Å². The molecule has 26 heavy (non-hydrogen) atoms.